The third-order valence-electron chi connectivity index (χ3n) is 1.31. The molecule has 0 spiro atoms. The normalized spacial score (nSPS) is 16.7. The van der Waals surface area contributed by atoms with E-state index in [4.69, 9.17) is 5.14 Å². The second-order valence-corrected chi connectivity index (χ2v) is 4.20. The number of rotatable bonds is 1. The van der Waals surface area contributed by atoms with Gasteiger partial charge in [0.15, 0.2) is 0 Å². The topological polar surface area (TPSA) is 75.8 Å². The smallest absolute Gasteiger partial charge is 0.207 e. The molecule has 2 N–H and O–H groups in total. The van der Waals surface area contributed by atoms with Crippen LogP contribution in [0.2, 0.25) is 0 Å². The maximum absolute atomic E-state index is 10.8. The third kappa shape index (κ3) is 1.79. The predicted molar refractivity (Wildman–Crippen MR) is 45.3 cm³/mol. The van der Waals surface area contributed by atoms with E-state index >= 15 is 0 Å². The number of sulfonamides is 1. The summed E-state index contributed by atoms with van der Waals surface area (Å²) < 4.78 is 21.5. The first-order valence-corrected chi connectivity index (χ1v) is 4.96. The highest BCUT2D eigenvalue weighted by molar-refractivity contribution is 8.04. The summed E-state index contributed by atoms with van der Waals surface area (Å²) in [6.45, 7) is 3.74. The van der Waals surface area contributed by atoms with E-state index in [-0.39, 0.29) is 11.1 Å². The summed E-state index contributed by atoms with van der Waals surface area (Å²) in [5.41, 5.74) is 0. The van der Waals surface area contributed by atoms with Crippen molar-refractivity contribution in [2.75, 3.05) is 0 Å². The van der Waals surface area contributed by atoms with Crippen LogP contribution in [0.5, 0.6) is 0 Å². The van der Waals surface area contributed by atoms with Gasteiger partial charge in [0, 0.05) is 0 Å². The largest absolute Gasteiger partial charge is 0.339 e. The molecular formula is C6H10N3O2S+. The summed E-state index contributed by atoms with van der Waals surface area (Å²) in [5, 5.41) is 9.85. The van der Waals surface area contributed by atoms with Crippen molar-refractivity contribution >= 4 is 15.1 Å². The molecule has 0 atom stereocenters. The zero-order chi connectivity index (χ0) is 9.35. The molecule has 0 saturated carbocycles. The van der Waals surface area contributed by atoms with Gasteiger partial charge >= 0.3 is 15.1 Å². The molecule has 0 radical (unpaired) electrons. The summed E-state index contributed by atoms with van der Waals surface area (Å²) in [6.07, 6.45) is 3.92. The van der Waals surface area contributed by atoms with Crippen LogP contribution in [0.3, 0.4) is 0 Å². The highest BCUT2D eigenvalue weighted by atomic mass is 32.2. The molecule has 5 nitrogen and oxygen atoms in total. The maximum atomic E-state index is 10.8. The standard InChI is InChI=1S/C6H10N3O2S/c1-5(2)9-4-3-6(8-9)12(7,10)11/h3,5H,1-2H3,(H2,7,10,11)/q+1. The molecule has 1 aliphatic heterocycles. The van der Waals surface area contributed by atoms with Crippen LogP contribution in [0.15, 0.2) is 11.2 Å². The van der Waals surface area contributed by atoms with Crippen molar-refractivity contribution in [3.8, 4) is 0 Å². The number of nitrogens with two attached hydrogens (primary N) is 1. The summed E-state index contributed by atoms with van der Waals surface area (Å²) in [6, 6.07) is 0.0838. The first-order valence-electron chi connectivity index (χ1n) is 3.41. The lowest BCUT2D eigenvalue weighted by Crippen LogP contribution is -2.23. The molecule has 0 aromatic carbocycles. The SMILES string of the molecule is CC(C)N1[C+]=CC(S(N)(=O)=O)=N1. The Balaban J connectivity index is 2.89. The Morgan fingerprint density at radius 1 is 1.67 bits per heavy atom. The van der Waals surface area contributed by atoms with Gasteiger partial charge in [0.25, 0.3) is 0 Å². The Morgan fingerprint density at radius 2 is 2.25 bits per heavy atom. The molecule has 12 heavy (non-hydrogen) atoms. The molecule has 1 rings (SSSR count). The Bertz CT molecular complexity index is 329. The Labute approximate surface area is 71.6 Å². The molecule has 0 fully saturated rings. The van der Waals surface area contributed by atoms with E-state index in [2.05, 4.69) is 11.3 Å². The Kier molecular flexibility index (Phi) is 2.14. The van der Waals surface area contributed by atoms with Crippen LogP contribution in [-0.2, 0) is 10.0 Å². The van der Waals surface area contributed by atoms with Crippen molar-refractivity contribution in [1.29, 1.82) is 0 Å². The van der Waals surface area contributed by atoms with Crippen LogP contribution in [0.1, 0.15) is 13.8 Å². The lowest BCUT2D eigenvalue weighted by Gasteiger charge is -2.04. The van der Waals surface area contributed by atoms with Crippen molar-refractivity contribution < 1.29 is 8.42 Å². The van der Waals surface area contributed by atoms with Crippen molar-refractivity contribution in [3.63, 3.8) is 0 Å². The zero-order valence-electron chi connectivity index (χ0n) is 6.85. The fourth-order valence-corrected chi connectivity index (χ4v) is 1.11. The van der Waals surface area contributed by atoms with Gasteiger partial charge < -0.3 is 0 Å². The molecule has 1 heterocycles. The molecular weight excluding hydrogens is 178 g/mol. The van der Waals surface area contributed by atoms with Crippen molar-refractivity contribution in [2.24, 2.45) is 10.2 Å². The maximum Gasteiger partial charge on any atom is 0.339 e. The van der Waals surface area contributed by atoms with Gasteiger partial charge in [0.2, 0.25) is 12.3 Å². The lowest BCUT2D eigenvalue weighted by atomic mass is 10.4. The summed E-state index contributed by atoms with van der Waals surface area (Å²) >= 11 is 0. The molecule has 0 aromatic rings. The summed E-state index contributed by atoms with van der Waals surface area (Å²) in [5.74, 6) is 0. The second-order valence-electron chi connectivity index (χ2n) is 2.70. The van der Waals surface area contributed by atoms with Gasteiger partial charge in [0.05, 0.1) is 6.04 Å². The third-order valence-corrected chi connectivity index (χ3v) is 2.09. The van der Waals surface area contributed by atoms with E-state index in [9.17, 15) is 8.42 Å². The molecule has 0 unspecified atom stereocenters. The Hall–Kier alpha value is -0.970. The summed E-state index contributed by atoms with van der Waals surface area (Å²) in [4.78, 5) is 0. The van der Waals surface area contributed by atoms with Gasteiger partial charge in [-0.05, 0) is 18.9 Å². The molecule has 0 amide bonds. The van der Waals surface area contributed by atoms with Crippen LogP contribution in [0.4, 0.5) is 0 Å². The van der Waals surface area contributed by atoms with E-state index in [0.29, 0.717) is 0 Å². The zero-order valence-corrected chi connectivity index (χ0v) is 7.67. The fourth-order valence-electron chi connectivity index (χ4n) is 0.689. The molecule has 0 aliphatic carbocycles. The number of hydrogen-bond acceptors (Lipinski definition) is 4. The van der Waals surface area contributed by atoms with E-state index < -0.39 is 10.0 Å². The van der Waals surface area contributed by atoms with Crippen LogP contribution in [-0.4, -0.2) is 24.5 Å². The minimum Gasteiger partial charge on any atom is -0.207 e. The molecule has 66 valence electrons. The van der Waals surface area contributed by atoms with Crippen molar-refractivity contribution in [1.82, 2.24) is 5.01 Å². The van der Waals surface area contributed by atoms with Gasteiger partial charge in [-0.2, -0.15) is 8.42 Å². The average molecular weight is 188 g/mol. The monoisotopic (exact) mass is 188 g/mol. The number of hydrazone groups is 1. The molecule has 0 aromatic heterocycles. The van der Waals surface area contributed by atoms with Gasteiger partial charge in [-0.25, -0.2) is 5.14 Å². The highest BCUT2D eigenvalue weighted by Gasteiger charge is 2.30. The van der Waals surface area contributed by atoms with E-state index in [0.717, 1.165) is 0 Å². The van der Waals surface area contributed by atoms with E-state index in [1.807, 2.05) is 13.8 Å². The van der Waals surface area contributed by atoms with E-state index in [1.54, 1.807) is 0 Å². The highest BCUT2D eigenvalue weighted by Crippen LogP contribution is 2.08. The molecule has 6 heteroatoms. The van der Waals surface area contributed by atoms with Crippen LogP contribution in [0.25, 0.3) is 0 Å². The molecule has 0 saturated heterocycles. The van der Waals surface area contributed by atoms with Crippen molar-refractivity contribution in [3.05, 3.63) is 12.3 Å². The van der Waals surface area contributed by atoms with E-state index in [1.165, 1.54) is 11.1 Å². The minimum absolute atomic E-state index is 0.0838. The second kappa shape index (κ2) is 2.82. The number of nitrogens with zero attached hydrogens (tertiary/aromatic N) is 2. The molecule has 1 aliphatic rings. The average Bonchev–Trinajstić information content (AvgIpc) is 2.30. The lowest BCUT2D eigenvalue weighted by molar-refractivity contribution is 0.320. The van der Waals surface area contributed by atoms with Gasteiger partial charge in [-0.15, -0.1) is 5.01 Å². The Morgan fingerprint density at radius 3 is 2.50 bits per heavy atom. The summed E-state index contributed by atoms with van der Waals surface area (Å²) in [7, 11) is -3.68. The van der Waals surface area contributed by atoms with Gasteiger partial charge in [-0.3, -0.25) is 0 Å². The minimum atomic E-state index is -3.68. The predicted octanol–water partition coefficient (Wildman–Crippen LogP) is -0.371. The first-order chi connectivity index (χ1) is 5.41. The number of primary sulfonamides is 1. The van der Waals surface area contributed by atoms with Crippen LogP contribution >= 0.6 is 0 Å². The fraction of sp³-hybridized carbons (Fsp3) is 0.500. The quantitative estimate of drug-likeness (QED) is 0.570. The van der Waals surface area contributed by atoms with Gasteiger partial charge in [0.1, 0.15) is 0 Å². The first kappa shape index (κ1) is 9.12. The van der Waals surface area contributed by atoms with Crippen molar-refractivity contribution in [2.45, 2.75) is 19.9 Å². The van der Waals surface area contributed by atoms with Gasteiger partial charge in [-0.1, -0.05) is 0 Å². The number of hydrogen-bond donors (Lipinski definition) is 1. The van der Waals surface area contributed by atoms with Crippen LogP contribution < -0.4 is 5.14 Å². The molecule has 0 bridgehead atoms. The van der Waals surface area contributed by atoms with Crippen LogP contribution in [0, 0.1) is 6.20 Å².